The minimum absolute atomic E-state index is 0.317. The molecule has 7 heteroatoms. The minimum Gasteiger partial charge on any atom is -0.497 e. The Kier molecular flexibility index (Phi) is 5.02. The Morgan fingerprint density at radius 2 is 1.82 bits per heavy atom. The van der Waals surface area contributed by atoms with E-state index in [2.05, 4.69) is 28.8 Å². The van der Waals surface area contributed by atoms with Gasteiger partial charge in [0.25, 0.3) is 5.91 Å². The number of amides is 3. The third-order valence-corrected chi connectivity index (χ3v) is 5.19. The van der Waals surface area contributed by atoms with Gasteiger partial charge < -0.3 is 14.6 Å². The maximum Gasteiger partial charge on any atom is 0.346 e. The van der Waals surface area contributed by atoms with Crippen molar-refractivity contribution in [2.75, 3.05) is 7.11 Å². The van der Waals surface area contributed by atoms with Gasteiger partial charge in [0.05, 0.1) is 13.3 Å². The predicted molar refractivity (Wildman–Crippen MR) is 108 cm³/mol. The Hall–Kier alpha value is -3.09. The highest BCUT2D eigenvalue weighted by atomic mass is 16.5. The van der Waals surface area contributed by atoms with Crippen LogP contribution in [0, 0.1) is 13.8 Å². The third-order valence-electron chi connectivity index (χ3n) is 5.19. The SMILES string of the molecule is COc1ccc([C@@]2(C)NC(=O)N(/N=C\c3cc(C)n(C(C)C)c3C)C2=O)cc1. The largest absolute Gasteiger partial charge is 0.497 e. The Bertz CT molecular complexity index is 943. The van der Waals surface area contributed by atoms with Crippen molar-refractivity contribution < 1.29 is 14.3 Å². The first-order chi connectivity index (χ1) is 13.2. The topological polar surface area (TPSA) is 75.9 Å². The summed E-state index contributed by atoms with van der Waals surface area (Å²) in [6.45, 7) is 9.92. The second-order valence-corrected chi connectivity index (χ2v) is 7.44. The first-order valence-electron chi connectivity index (χ1n) is 9.22. The molecule has 1 atom stereocenters. The van der Waals surface area contributed by atoms with Gasteiger partial charge in [-0.25, -0.2) is 4.79 Å². The number of carbonyl (C=O) groups is 2. The molecule has 0 spiro atoms. The highest BCUT2D eigenvalue weighted by Gasteiger charge is 2.49. The summed E-state index contributed by atoms with van der Waals surface area (Å²) >= 11 is 0. The van der Waals surface area contributed by atoms with Crippen molar-refractivity contribution in [3.8, 4) is 5.75 Å². The number of carbonyl (C=O) groups excluding carboxylic acids is 2. The van der Waals surface area contributed by atoms with Crippen LogP contribution in [0.4, 0.5) is 4.79 Å². The Morgan fingerprint density at radius 1 is 1.18 bits per heavy atom. The molecule has 1 fully saturated rings. The van der Waals surface area contributed by atoms with Gasteiger partial charge in [0.15, 0.2) is 0 Å². The smallest absolute Gasteiger partial charge is 0.346 e. The van der Waals surface area contributed by atoms with E-state index >= 15 is 0 Å². The molecular formula is C21H26N4O3. The first-order valence-corrected chi connectivity index (χ1v) is 9.22. The molecule has 3 rings (SSSR count). The van der Waals surface area contributed by atoms with E-state index in [1.165, 1.54) is 0 Å². The van der Waals surface area contributed by atoms with E-state index in [1.807, 2.05) is 19.9 Å². The maximum absolute atomic E-state index is 13.0. The normalized spacial score (nSPS) is 19.8. The lowest BCUT2D eigenvalue weighted by atomic mass is 9.92. The monoisotopic (exact) mass is 382 g/mol. The zero-order valence-electron chi connectivity index (χ0n) is 17.1. The summed E-state index contributed by atoms with van der Waals surface area (Å²) in [5.41, 5.74) is 2.53. The second kappa shape index (κ2) is 7.14. The molecule has 2 heterocycles. The molecule has 1 aromatic heterocycles. The van der Waals surface area contributed by atoms with Crippen molar-refractivity contribution in [2.45, 2.75) is 46.2 Å². The molecule has 148 valence electrons. The van der Waals surface area contributed by atoms with Crippen LogP contribution in [0.1, 0.15) is 49.3 Å². The third kappa shape index (κ3) is 3.17. The van der Waals surface area contributed by atoms with Crippen LogP contribution in [0.15, 0.2) is 35.4 Å². The average molecular weight is 382 g/mol. The molecule has 0 radical (unpaired) electrons. The number of nitrogens with one attached hydrogen (secondary N) is 1. The lowest BCUT2D eigenvalue weighted by molar-refractivity contribution is -0.131. The van der Waals surface area contributed by atoms with Gasteiger partial charge in [0.2, 0.25) is 0 Å². The number of imide groups is 1. The fourth-order valence-electron chi connectivity index (χ4n) is 3.70. The Balaban J connectivity index is 1.88. The van der Waals surface area contributed by atoms with E-state index in [9.17, 15) is 9.59 Å². The number of urea groups is 1. The summed E-state index contributed by atoms with van der Waals surface area (Å²) in [5.74, 6) is 0.260. The molecule has 1 saturated heterocycles. The first kappa shape index (κ1) is 19.7. The molecule has 2 aromatic rings. The summed E-state index contributed by atoms with van der Waals surface area (Å²) < 4.78 is 7.34. The number of methoxy groups -OCH3 is 1. The molecule has 1 aromatic carbocycles. The van der Waals surface area contributed by atoms with E-state index in [0.717, 1.165) is 22.0 Å². The van der Waals surface area contributed by atoms with Gasteiger partial charge >= 0.3 is 6.03 Å². The molecule has 0 saturated carbocycles. The van der Waals surface area contributed by atoms with E-state index in [1.54, 1.807) is 44.5 Å². The summed E-state index contributed by atoms with van der Waals surface area (Å²) in [4.78, 5) is 25.4. The molecule has 0 bridgehead atoms. The molecular weight excluding hydrogens is 356 g/mol. The van der Waals surface area contributed by atoms with Crippen LogP contribution in [-0.2, 0) is 10.3 Å². The van der Waals surface area contributed by atoms with Crippen molar-refractivity contribution in [3.05, 3.63) is 52.8 Å². The predicted octanol–water partition coefficient (Wildman–Crippen LogP) is 3.50. The van der Waals surface area contributed by atoms with Gasteiger partial charge in [-0.3, -0.25) is 4.79 Å². The van der Waals surface area contributed by atoms with Crippen LogP contribution in [0.5, 0.6) is 5.75 Å². The quantitative estimate of drug-likeness (QED) is 0.635. The van der Waals surface area contributed by atoms with E-state index in [0.29, 0.717) is 17.4 Å². The Labute approximate surface area is 165 Å². The molecule has 1 aliphatic heterocycles. The van der Waals surface area contributed by atoms with Gasteiger partial charge in [-0.2, -0.15) is 5.10 Å². The zero-order chi connectivity index (χ0) is 20.6. The number of nitrogens with zero attached hydrogens (tertiary/aromatic N) is 3. The van der Waals surface area contributed by atoms with Crippen molar-refractivity contribution in [1.29, 1.82) is 0 Å². The molecule has 0 unspecified atom stereocenters. The van der Waals surface area contributed by atoms with E-state index < -0.39 is 17.5 Å². The molecule has 7 nitrogen and oxygen atoms in total. The lowest BCUT2D eigenvalue weighted by Crippen LogP contribution is -2.40. The molecule has 1 N–H and O–H groups in total. The average Bonchev–Trinajstić information content (AvgIpc) is 3.06. The zero-order valence-corrected chi connectivity index (χ0v) is 17.1. The van der Waals surface area contributed by atoms with Crippen molar-refractivity contribution >= 4 is 18.2 Å². The second-order valence-electron chi connectivity index (χ2n) is 7.44. The Morgan fingerprint density at radius 3 is 2.36 bits per heavy atom. The van der Waals surface area contributed by atoms with Crippen LogP contribution in [0.25, 0.3) is 0 Å². The maximum atomic E-state index is 13.0. The number of aromatic nitrogens is 1. The van der Waals surface area contributed by atoms with Crippen molar-refractivity contribution in [3.63, 3.8) is 0 Å². The summed E-state index contributed by atoms with van der Waals surface area (Å²) in [6, 6.07) is 8.81. The van der Waals surface area contributed by atoms with Crippen molar-refractivity contribution in [2.24, 2.45) is 5.10 Å². The van der Waals surface area contributed by atoms with Gasteiger partial charge in [0, 0.05) is 23.0 Å². The number of rotatable bonds is 5. The van der Waals surface area contributed by atoms with Gasteiger partial charge in [-0.1, -0.05) is 12.1 Å². The number of benzene rings is 1. The van der Waals surface area contributed by atoms with Gasteiger partial charge in [-0.05, 0) is 58.4 Å². The summed E-state index contributed by atoms with van der Waals surface area (Å²) in [7, 11) is 1.58. The summed E-state index contributed by atoms with van der Waals surface area (Å²) in [6.07, 6.45) is 1.57. The number of ether oxygens (including phenoxy) is 1. The van der Waals surface area contributed by atoms with E-state index in [-0.39, 0.29) is 0 Å². The van der Waals surface area contributed by atoms with Gasteiger partial charge in [0.1, 0.15) is 11.3 Å². The van der Waals surface area contributed by atoms with E-state index in [4.69, 9.17) is 4.74 Å². The van der Waals surface area contributed by atoms with Crippen LogP contribution in [-0.4, -0.2) is 34.8 Å². The summed E-state index contributed by atoms with van der Waals surface area (Å²) in [5, 5.41) is 7.84. The van der Waals surface area contributed by atoms with Gasteiger partial charge in [-0.15, -0.1) is 5.01 Å². The number of aryl methyl sites for hydroxylation is 1. The number of hydrogen-bond donors (Lipinski definition) is 1. The fraction of sp³-hybridized carbons (Fsp3) is 0.381. The fourth-order valence-corrected chi connectivity index (χ4v) is 3.70. The lowest BCUT2D eigenvalue weighted by Gasteiger charge is -2.21. The van der Waals surface area contributed by atoms with Crippen LogP contribution in [0.3, 0.4) is 0 Å². The standard InChI is InChI=1S/C21H26N4O3/c1-13(2)24-14(3)11-16(15(24)4)12-22-25-19(26)21(5,23-20(25)27)17-7-9-18(28-6)10-8-17/h7-13H,1-6H3,(H,23,27)/b22-12-/t21-/m1/s1. The number of hydrogen-bond acceptors (Lipinski definition) is 4. The molecule has 3 amide bonds. The van der Waals surface area contributed by atoms with Crippen molar-refractivity contribution in [1.82, 2.24) is 14.9 Å². The minimum atomic E-state index is -1.17. The highest BCUT2D eigenvalue weighted by Crippen LogP contribution is 2.30. The van der Waals surface area contributed by atoms with Crippen LogP contribution >= 0.6 is 0 Å². The van der Waals surface area contributed by atoms with Crippen LogP contribution < -0.4 is 10.1 Å². The molecule has 0 aliphatic carbocycles. The number of hydrazone groups is 1. The van der Waals surface area contributed by atoms with Crippen LogP contribution in [0.2, 0.25) is 0 Å². The molecule has 28 heavy (non-hydrogen) atoms. The molecule has 1 aliphatic rings. The highest BCUT2D eigenvalue weighted by molar-refractivity contribution is 6.07.